The van der Waals surface area contributed by atoms with Crippen LogP contribution in [0, 0.1) is 0 Å². The van der Waals surface area contributed by atoms with Crippen LogP contribution in [0.25, 0.3) is 0 Å². The summed E-state index contributed by atoms with van der Waals surface area (Å²) in [5.41, 5.74) is 0.448. The Bertz CT molecular complexity index is 143. The average Bonchev–Trinajstić information content (AvgIpc) is 1.98. The number of rotatable bonds is 3. The zero-order chi connectivity index (χ0) is 7.98. The van der Waals surface area contributed by atoms with Gasteiger partial charge in [0, 0.05) is 5.57 Å². The van der Waals surface area contributed by atoms with Gasteiger partial charge in [-0.3, -0.25) is 4.89 Å². The summed E-state index contributed by atoms with van der Waals surface area (Å²) >= 11 is 0. The van der Waals surface area contributed by atoms with Crippen LogP contribution in [-0.4, -0.2) is 11.2 Å². The van der Waals surface area contributed by atoms with Crippen LogP contribution in [0.4, 0.5) is 0 Å². The number of unbranched alkanes of at least 4 members (excludes halogenated alkanes) is 1. The number of hydrogen-bond donors (Lipinski definition) is 1. The van der Waals surface area contributed by atoms with Crippen LogP contribution >= 0.6 is 12.4 Å². The molecule has 0 bridgehead atoms. The summed E-state index contributed by atoms with van der Waals surface area (Å²) in [7, 11) is 0. The number of halogens is 1. The lowest BCUT2D eigenvalue weighted by Crippen LogP contribution is -2.01. The lowest BCUT2D eigenvalue weighted by molar-refractivity contribution is -0.229. The molecule has 0 saturated carbocycles. The van der Waals surface area contributed by atoms with Crippen molar-refractivity contribution < 1.29 is 14.9 Å². The second-order valence-corrected chi connectivity index (χ2v) is 2.05. The molecular weight excluding hydrogens is 168 g/mol. The summed E-state index contributed by atoms with van der Waals surface area (Å²) in [6.07, 6.45) is 3.55. The fourth-order valence-corrected chi connectivity index (χ4v) is 0.516. The molecule has 0 aromatic heterocycles. The zero-order valence-electron chi connectivity index (χ0n) is 6.66. The summed E-state index contributed by atoms with van der Waals surface area (Å²) in [5, 5.41) is 7.91. The van der Waals surface area contributed by atoms with Crippen molar-refractivity contribution >= 4 is 18.4 Å². The van der Waals surface area contributed by atoms with Crippen LogP contribution in [0.1, 0.15) is 26.7 Å². The molecule has 0 fully saturated rings. The van der Waals surface area contributed by atoms with Crippen molar-refractivity contribution in [3.05, 3.63) is 11.6 Å². The van der Waals surface area contributed by atoms with Gasteiger partial charge in [0.05, 0.1) is 0 Å². The topological polar surface area (TPSA) is 46.5 Å². The van der Waals surface area contributed by atoms with E-state index >= 15 is 0 Å². The van der Waals surface area contributed by atoms with Crippen molar-refractivity contribution in [2.45, 2.75) is 26.7 Å². The summed E-state index contributed by atoms with van der Waals surface area (Å²) < 4.78 is 0. The molecule has 0 atom stereocenters. The second kappa shape index (κ2) is 7.57. The van der Waals surface area contributed by atoms with E-state index in [-0.39, 0.29) is 12.4 Å². The van der Waals surface area contributed by atoms with Crippen molar-refractivity contribution in [1.82, 2.24) is 0 Å². The van der Waals surface area contributed by atoms with Gasteiger partial charge in [0.2, 0.25) is 0 Å². The van der Waals surface area contributed by atoms with Gasteiger partial charge in [-0.15, -0.1) is 12.4 Å². The van der Waals surface area contributed by atoms with Crippen LogP contribution in [0.5, 0.6) is 0 Å². The number of allylic oxidation sites excluding steroid dienone is 1. The van der Waals surface area contributed by atoms with E-state index in [1.54, 1.807) is 13.0 Å². The van der Waals surface area contributed by atoms with E-state index in [0.29, 0.717) is 5.57 Å². The molecule has 11 heavy (non-hydrogen) atoms. The van der Waals surface area contributed by atoms with Crippen LogP contribution in [0.15, 0.2) is 11.6 Å². The number of carbonyl (C=O) groups excluding carboxylic acids is 1. The molecule has 0 amide bonds. The maximum absolute atomic E-state index is 10.5. The summed E-state index contributed by atoms with van der Waals surface area (Å²) in [4.78, 5) is 14.0. The third-order valence-corrected chi connectivity index (χ3v) is 1.14. The molecular formula is C7H13ClO3. The highest BCUT2D eigenvalue weighted by atomic mass is 35.5. The Hall–Kier alpha value is -0.540. The van der Waals surface area contributed by atoms with Crippen LogP contribution < -0.4 is 0 Å². The molecule has 0 aliphatic rings. The fourth-order valence-electron chi connectivity index (χ4n) is 0.516. The third-order valence-electron chi connectivity index (χ3n) is 1.14. The minimum atomic E-state index is -0.673. The monoisotopic (exact) mass is 180 g/mol. The predicted octanol–water partition coefficient (Wildman–Crippen LogP) is 2.17. The normalized spacial score (nSPS) is 10.3. The fraction of sp³-hybridized carbons (Fsp3) is 0.571. The van der Waals surface area contributed by atoms with Gasteiger partial charge in [-0.1, -0.05) is 19.4 Å². The van der Waals surface area contributed by atoms with Crippen LogP contribution in [0.2, 0.25) is 0 Å². The van der Waals surface area contributed by atoms with Crippen LogP contribution in [-0.2, 0) is 9.68 Å². The van der Waals surface area contributed by atoms with E-state index in [4.69, 9.17) is 5.26 Å². The first-order valence-electron chi connectivity index (χ1n) is 3.24. The molecule has 3 nitrogen and oxygen atoms in total. The minimum absolute atomic E-state index is 0. The summed E-state index contributed by atoms with van der Waals surface area (Å²) in [5.74, 6) is -0.673. The van der Waals surface area contributed by atoms with Gasteiger partial charge in [-0.2, -0.15) is 5.26 Å². The molecule has 0 rings (SSSR count). The Labute approximate surface area is 72.4 Å². The molecule has 0 heterocycles. The quantitative estimate of drug-likeness (QED) is 0.411. The van der Waals surface area contributed by atoms with E-state index in [1.807, 2.05) is 6.92 Å². The largest absolute Gasteiger partial charge is 0.368 e. The van der Waals surface area contributed by atoms with E-state index in [0.717, 1.165) is 12.8 Å². The predicted molar refractivity (Wildman–Crippen MR) is 44.6 cm³/mol. The first-order valence-corrected chi connectivity index (χ1v) is 3.24. The highest BCUT2D eigenvalue weighted by molar-refractivity contribution is 5.87. The second-order valence-electron chi connectivity index (χ2n) is 2.05. The molecule has 0 aliphatic carbocycles. The number of hydrogen-bond acceptors (Lipinski definition) is 3. The third kappa shape index (κ3) is 5.88. The van der Waals surface area contributed by atoms with E-state index in [9.17, 15) is 4.79 Å². The Morgan fingerprint density at radius 3 is 2.55 bits per heavy atom. The highest BCUT2D eigenvalue weighted by Crippen LogP contribution is 1.99. The van der Waals surface area contributed by atoms with E-state index in [1.165, 1.54) is 0 Å². The molecule has 0 radical (unpaired) electrons. The standard InChI is InChI=1S/C7H12O3.ClH/c1-3-4-5-6(2)7(8)10-9;/h5,9H,3-4H2,1-2H3;1H/b6-5+;. The Kier molecular flexibility index (Phi) is 9.00. The molecule has 0 aromatic rings. The molecule has 66 valence electrons. The number of carbonyl (C=O) groups is 1. The average molecular weight is 181 g/mol. The van der Waals surface area contributed by atoms with Crippen molar-refractivity contribution in [3.63, 3.8) is 0 Å². The lowest BCUT2D eigenvalue weighted by Gasteiger charge is -1.93. The molecule has 0 spiro atoms. The first-order chi connectivity index (χ1) is 4.72. The minimum Gasteiger partial charge on any atom is -0.296 e. The van der Waals surface area contributed by atoms with Gasteiger partial charge in [-0.05, 0) is 13.3 Å². The van der Waals surface area contributed by atoms with E-state index < -0.39 is 5.97 Å². The molecule has 0 aromatic carbocycles. The Morgan fingerprint density at radius 1 is 1.64 bits per heavy atom. The Balaban J connectivity index is 0. The smallest absolute Gasteiger partial charge is 0.296 e. The molecule has 0 unspecified atom stereocenters. The van der Waals surface area contributed by atoms with E-state index in [2.05, 4.69) is 4.89 Å². The molecule has 1 N–H and O–H groups in total. The maximum Gasteiger partial charge on any atom is 0.368 e. The lowest BCUT2D eigenvalue weighted by atomic mass is 10.2. The van der Waals surface area contributed by atoms with Gasteiger partial charge >= 0.3 is 5.97 Å². The molecule has 4 heteroatoms. The SMILES string of the molecule is CCC/C=C(\C)C(=O)OO.Cl. The van der Waals surface area contributed by atoms with Gasteiger partial charge in [-0.25, -0.2) is 4.79 Å². The van der Waals surface area contributed by atoms with Crippen molar-refractivity contribution in [2.75, 3.05) is 0 Å². The first kappa shape index (κ1) is 13.1. The van der Waals surface area contributed by atoms with Gasteiger partial charge in [0.15, 0.2) is 0 Å². The molecule has 0 aliphatic heterocycles. The summed E-state index contributed by atoms with van der Waals surface area (Å²) in [6, 6.07) is 0. The van der Waals surface area contributed by atoms with Gasteiger partial charge in [0.1, 0.15) is 0 Å². The van der Waals surface area contributed by atoms with Crippen molar-refractivity contribution in [1.29, 1.82) is 0 Å². The maximum atomic E-state index is 10.5. The van der Waals surface area contributed by atoms with Crippen molar-refractivity contribution in [3.8, 4) is 0 Å². The van der Waals surface area contributed by atoms with Crippen LogP contribution in [0.3, 0.4) is 0 Å². The Morgan fingerprint density at radius 2 is 2.18 bits per heavy atom. The van der Waals surface area contributed by atoms with Gasteiger partial charge < -0.3 is 0 Å². The molecule has 0 saturated heterocycles. The highest BCUT2D eigenvalue weighted by Gasteiger charge is 2.02. The summed E-state index contributed by atoms with van der Waals surface area (Å²) in [6.45, 7) is 3.61. The van der Waals surface area contributed by atoms with Gasteiger partial charge in [0.25, 0.3) is 0 Å². The zero-order valence-corrected chi connectivity index (χ0v) is 7.48. The van der Waals surface area contributed by atoms with Crippen molar-refractivity contribution in [2.24, 2.45) is 0 Å².